The van der Waals surface area contributed by atoms with Crippen LogP contribution in [0.3, 0.4) is 0 Å². The summed E-state index contributed by atoms with van der Waals surface area (Å²) in [5.41, 5.74) is 2.00. The maximum Gasteiger partial charge on any atom is 0.236 e. The van der Waals surface area contributed by atoms with Gasteiger partial charge in [-0.15, -0.1) is 0 Å². The lowest BCUT2D eigenvalue weighted by Crippen LogP contribution is -2.42. The van der Waals surface area contributed by atoms with Crippen LogP contribution in [0.2, 0.25) is 5.02 Å². The molecule has 0 spiro atoms. The molecule has 1 aliphatic heterocycles. The number of hydrogen-bond acceptors (Lipinski definition) is 7. The Hall–Kier alpha value is -2.00. The third-order valence-corrected chi connectivity index (χ3v) is 7.73. The van der Waals surface area contributed by atoms with E-state index in [2.05, 4.69) is 39.8 Å². The number of halogens is 2. The first-order chi connectivity index (χ1) is 17.3. The summed E-state index contributed by atoms with van der Waals surface area (Å²) in [6, 6.07) is 4.95. The van der Waals surface area contributed by atoms with Crippen LogP contribution in [-0.4, -0.2) is 61.6 Å². The number of pyridine rings is 2. The molecule has 0 unspecified atom stereocenters. The number of ether oxygens (including phenoxy) is 2. The summed E-state index contributed by atoms with van der Waals surface area (Å²) in [6.45, 7) is 7.23. The molecular formula is C27H39ClFN5O2. The minimum absolute atomic E-state index is 0.0719. The predicted molar refractivity (Wildman–Crippen MR) is 143 cm³/mol. The van der Waals surface area contributed by atoms with Crippen LogP contribution >= 0.6 is 11.6 Å². The van der Waals surface area contributed by atoms with Crippen molar-refractivity contribution in [2.75, 3.05) is 44.1 Å². The Balaban J connectivity index is 1.39. The van der Waals surface area contributed by atoms with Crippen molar-refractivity contribution in [3.8, 4) is 11.1 Å². The molecule has 198 valence electrons. The molecule has 1 aliphatic carbocycles. The number of anilines is 2. The van der Waals surface area contributed by atoms with Crippen molar-refractivity contribution in [1.29, 1.82) is 0 Å². The van der Waals surface area contributed by atoms with Gasteiger partial charge in [-0.2, -0.15) is 4.39 Å². The Labute approximate surface area is 218 Å². The summed E-state index contributed by atoms with van der Waals surface area (Å²) in [4.78, 5) is 8.50. The minimum Gasteiger partial charge on any atom is -0.383 e. The van der Waals surface area contributed by atoms with Crippen LogP contribution in [0.1, 0.15) is 52.4 Å². The molecular weight excluding hydrogens is 481 g/mol. The average molecular weight is 520 g/mol. The van der Waals surface area contributed by atoms with Gasteiger partial charge >= 0.3 is 0 Å². The predicted octanol–water partition coefficient (Wildman–Crippen LogP) is 5.51. The maximum absolute atomic E-state index is 14.5. The molecule has 1 saturated heterocycles. The smallest absolute Gasteiger partial charge is 0.236 e. The molecule has 2 aliphatic rings. The van der Waals surface area contributed by atoms with Gasteiger partial charge in [0.1, 0.15) is 5.82 Å². The summed E-state index contributed by atoms with van der Waals surface area (Å²) < 4.78 is 25.3. The van der Waals surface area contributed by atoms with Gasteiger partial charge in [-0.1, -0.05) is 18.5 Å². The standard InChI is InChI=1S/C27H39ClFN5O2/c1-18(16-35-3)33-20-4-6-21(7-5-20)34-25-13-22(23(28)15-30-25)19-12-24(26(29)31-14-19)32-17-27(2)8-10-36-11-9-27/h12-15,18,20-21,32-33H,4-11,16-17H2,1-3H3,(H,30,34)/t18-,20-,21-/m0/s1. The first-order valence-electron chi connectivity index (χ1n) is 13.0. The van der Waals surface area contributed by atoms with Gasteiger partial charge in [0, 0.05) is 68.5 Å². The van der Waals surface area contributed by atoms with Gasteiger partial charge in [-0.05, 0) is 63.0 Å². The minimum atomic E-state index is -0.511. The number of rotatable bonds is 10. The van der Waals surface area contributed by atoms with Gasteiger partial charge in [-0.3, -0.25) is 0 Å². The molecule has 36 heavy (non-hydrogen) atoms. The number of methoxy groups -OCH3 is 1. The van der Waals surface area contributed by atoms with Gasteiger partial charge < -0.3 is 25.4 Å². The lowest BCUT2D eigenvalue weighted by molar-refractivity contribution is 0.0300. The van der Waals surface area contributed by atoms with Crippen LogP contribution in [0.5, 0.6) is 0 Å². The Morgan fingerprint density at radius 2 is 1.86 bits per heavy atom. The fraction of sp³-hybridized carbons (Fsp3) is 0.630. The van der Waals surface area contributed by atoms with E-state index in [1.54, 1.807) is 19.4 Å². The molecule has 4 rings (SSSR count). The second-order valence-electron chi connectivity index (χ2n) is 10.6. The van der Waals surface area contributed by atoms with Crippen molar-refractivity contribution in [3.63, 3.8) is 0 Å². The van der Waals surface area contributed by atoms with E-state index in [0.29, 0.717) is 35.4 Å². The fourth-order valence-electron chi connectivity index (χ4n) is 5.12. The summed E-state index contributed by atoms with van der Waals surface area (Å²) in [5, 5.41) is 11.0. The van der Waals surface area contributed by atoms with Crippen molar-refractivity contribution in [3.05, 3.63) is 35.5 Å². The van der Waals surface area contributed by atoms with E-state index in [1.165, 1.54) is 6.20 Å². The van der Waals surface area contributed by atoms with E-state index >= 15 is 0 Å². The van der Waals surface area contributed by atoms with Crippen LogP contribution in [-0.2, 0) is 9.47 Å². The molecule has 2 aromatic heterocycles. The molecule has 0 amide bonds. The number of hydrogen-bond donors (Lipinski definition) is 3. The van der Waals surface area contributed by atoms with Gasteiger partial charge in [0.05, 0.1) is 17.3 Å². The van der Waals surface area contributed by atoms with E-state index in [4.69, 9.17) is 21.1 Å². The largest absolute Gasteiger partial charge is 0.383 e. The molecule has 3 N–H and O–H groups in total. The molecule has 0 bridgehead atoms. The third kappa shape index (κ3) is 7.28. The van der Waals surface area contributed by atoms with Crippen molar-refractivity contribution < 1.29 is 13.9 Å². The molecule has 7 nitrogen and oxygen atoms in total. The van der Waals surface area contributed by atoms with Gasteiger partial charge in [0.2, 0.25) is 5.95 Å². The lowest BCUT2D eigenvalue weighted by Gasteiger charge is -2.33. The molecule has 1 atom stereocenters. The van der Waals surface area contributed by atoms with E-state index in [0.717, 1.165) is 75.3 Å². The number of nitrogens with zero attached hydrogens (tertiary/aromatic N) is 2. The van der Waals surface area contributed by atoms with Crippen molar-refractivity contribution in [2.24, 2.45) is 5.41 Å². The zero-order chi connectivity index (χ0) is 25.5. The van der Waals surface area contributed by atoms with E-state index in [9.17, 15) is 4.39 Å². The highest BCUT2D eigenvalue weighted by Gasteiger charge is 2.27. The van der Waals surface area contributed by atoms with Crippen LogP contribution in [0.15, 0.2) is 24.5 Å². The fourth-order valence-corrected chi connectivity index (χ4v) is 5.33. The summed E-state index contributed by atoms with van der Waals surface area (Å²) >= 11 is 6.52. The molecule has 2 fully saturated rings. The second-order valence-corrected chi connectivity index (χ2v) is 11.0. The normalized spacial score (nSPS) is 22.7. The Morgan fingerprint density at radius 3 is 2.58 bits per heavy atom. The average Bonchev–Trinajstić information content (AvgIpc) is 2.87. The van der Waals surface area contributed by atoms with E-state index < -0.39 is 5.95 Å². The third-order valence-electron chi connectivity index (χ3n) is 7.43. The quantitative estimate of drug-likeness (QED) is 0.357. The van der Waals surface area contributed by atoms with E-state index in [-0.39, 0.29) is 5.41 Å². The highest BCUT2D eigenvalue weighted by atomic mass is 35.5. The molecule has 3 heterocycles. The topological polar surface area (TPSA) is 80.3 Å². The molecule has 1 saturated carbocycles. The Morgan fingerprint density at radius 1 is 1.14 bits per heavy atom. The van der Waals surface area contributed by atoms with Gasteiger partial charge in [-0.25, -0.2) is 9.97 Å². The van der Waals surface area contributed by atoms with Crippen LogP contribution in [0, 0.1) is 11.4 Å². The summed E-state index contributed by atoms with van der Waals surface area (Å²) in [5.74, 6) is 0.259. The SMILES string of the molecule is COC[C@H](C)N[C@H]1CC[C@H](Nc2cc(-c3cnc(F)c(NCC4(C)CCOCC4)c3)c(Cl)cn2)CC1. The zero-order valence-electron chi connectivity index (χ0n) is 21.6. The van der Waals surface area contributed by atoms with E-state index in [1.807, 2.05) is 6.07 Å². The summed E-state index contributed by atoms with van der Waals surface area (Å²) in [6.07, 6.45) is 9.41. The first kappa shape index (κ1) is 27.0. The van der Waals surface area contributed by atoms with Crippen molar-refractivity contribution in [2.45, 2.75) is 70.5 Å². The highest BCUT2D eigenvalue weighted by molar-refractivity contribution is 6.33. The first-order valence-corrected chi connectivity index (χ1v) is 13.4. The van der Waals surface area contributed by atoms with Crippen LogP contribution in [0.25, 0.3) is 11.1 Å². The number of nitrogens with one attached hydrogen (secondary N) is 3. The van der Waals surface area contributed by atoms with Gasteiger partial charge in [0.25, 0.3) is 0 Å². The Bertz CT molecular complexity index is 996. The molecule has 0 aromatic carbocycles. The monoisotopic (exact) mass is 519 g/mol. The number of aromatic nitrogens is 2. The van der Waals surface area contributed by atoms with Crippen LogP contribution in [0.4, 0.5) is 15.9 Å². The van der Waals surface area contributed by atoms with Crippen molar-refractivity contribution >= 4 is 23.1 Å². The van der Waals surface area contributed by atoms with Gasteiger partial charge in [0.15, 0.2) is 0 Å². The Kier molecular flexibility index (Phi) is 9.39. The maximum atomic E-state index is 14.5. The lowest BCUT2D eigenvalue weighted by atomic mass is 9.82. The second kappa shape index (κ2) is 12.5. The zero-order valence-corrected chi connectivity index (χ0v) is 22.3. The highest BCUT2D eigenvalue weighted by Crippen LogP contribution is 2.34. The van der Waals surface area contributed by atoms with Crippen LogP contribution < -0.4 is 16.0 Å². The molecule has 0 radical (unpaired) electrons. The molecule has 9 heteroatoms. The summed E-state index contributed by atoms with van der Waals surface area (Å²) in [7, 11) is 1.74. The molecule has 2 aromatic rings. The van der Waals surface area contributed by atoms with Crippen molar-refractivity contribution in [1.82, 2.24) is 15.3 Å².